The van der Waals surface area contributed by atoms with Crippen molar-refractivity contribution < 1.29 is 19.1 Å². The van der Waals surface area contributed by atoms with Gasteiger partial charge in [-0.1, -0.05) is 18.2 Å². The van der Waals surface area contributed by atoms with E-state index in [1.54, 1.807) is 37.3 Å². The third kappa shape index (κ3) is 4.07. The average molecular weight is 304 g/mol. The van der Waals surface area contributed by atoms with Crippen LogP contribution in [0.2, 0.25) is 0 Å². The Bertz CT molecular complexity index is 544. The number of imide groups is 1. The van der Waals surface area contributed by atoms with Gasteiger partial charge in [-0.3, -0.25) is 14.9 Å². The van der Waals surface area contributed by atoms with Gasteiger partial charge in [0.05, 0.1) is 12.5 Å². The number of nitrogens with zero attached hydrogens (tertiary/aromatic N) is 1. The Kier molecular flexibility index (Phi) is 5.52. The molecule has 6 heteroatoms. The SMILES string of the molecule is CCOC(=O)C1CCCN(C(=O)NC(=O)c2ccccc2)C1. The minimum atomic E-state index is -0.470. The molecule has 1 unspecified atom stereocenters. The lowest BCUT2D eigenvalue weighted by atomic mass is 9.98. The van der Waals surface area contributed by atoms with Crippen LogP contribution in [0, 0.1) is 5.92 Å². The van der Waals surface area contributed by atoms with Crippen LogP contribution in [0.25, 0.3) is 0 Å². The molecular weight excluding hydrogens is 284 g/mol. The lowest BCUT2D eigenvalue weighted by Gasteiger charge is -2.31. The first kappa shape index (κ1) is 16.0. The molecule has 1 N–H and O–H groups in total. The zero-order valence-electron chi connectivity index (χ0n) is 12.6. The molecule has 6 nitrogen and oxygen atoms in total. The molecule has 1 fully saturated rings. The molecule has 0 radical (unpaired) electrons. The van der Waals surface area contributed by atoms with Crippen molar-refractivity contribution in [1.82, 2.24) is 10.2 Å². The van der Waals surface area contributed by atoms with Crippen LogP contribution < -0.4 is 5.32 Å². The van der Waals surface area contributed by atoms with Crippen LogP contribution in [0.4, 0.5) is 4.79 Å². The summed E-state index contributed by atoms with van der Waals surface area (Å²) >= 11 is 0. The minimum Gasteiger partial charge on any atom is -0.466 e. The number of hydrogen-bond acceptors (Lipinski definition) is 4. The molecule has 1 heterocycles. The third-order valence-electron chi connectivity index (χ3n) is 3.58. The normalized spacial score (nSPS) is 17.7. The van der Waals surface area contributed by atoms with Gasteiger partial charge < -0.3 is 9.64 Å². The number of rotatable bonds is 3. The highest BCUT2D eigenvalue weighted by Gasteiger charge is 2.30. The van der Waals surface area contributed by atoms with Gasteiger partial charge in [0.2, 0.25) is 0 Å². The van der Waals surface area contributed by atoms with E-state index in [0.29, 0.717) is 25.1 Å². The zero-order valence-corrected chi connectivity index (χ0v) is 12.6. The molecule has 0 spiro atoms. The van der Waals surface area contributed by atoms with E-state index >= 15 is 0 Å². The zero-order chi connectivity index (χ0) is 15.9. The summed E-state index contributed by atoms with van der Waals surface area (Å²) in [7, 11) is 0. The fraction of sp³-hybridized carbons (Fsp3) is 0.438. The van der Waals surface area contributed by atoms with Gasteiger partial charge in [0.1, 0.15) is 0 Å². The second-order valence-corrected chi connectivity index (χ2v) is 5.16. The summed E-state index contributed by atoms with van der Waals surface area (Å²) in [5.74, 6) is -1.04. The van der Waals surface area contributed by atoms with Gasteiger partial charge >= 0.3 is 12.0 Å². The number of amides is 3. The van der Waals surface area contributed by atoms with Crippen molar-refractivity contribution >= 4 is 17.9 Å². The Balaban J connectivity index is 1.92. The number of likely N-dealkylation sites (tertiary alicyclic amines) is 1. The molecule has 1 aromatic carbocycles. The highest BCUT2D eigenvalue weighted by atomic mass is 16.5. The Morgan fingerprint density at radius 2 is 2.00 bits per heavy atom. The molecule has 1 aromatic rings. The van der Waals surface area contributed by atoms with Crippen LogP contribution >= 0.6 is 0 Å². The molecule has 0 saturated carbocycles. The lowest BCUT2D eigenvalue weighted by molar-refractivity contribution is -0.149. The molecule has 1 saturated heterocycles. The smallest absolute Gasteiger partial charge is 0.324 e. The molecule has 1 aliphatic rings. The summed E-state index contributed by atoms with van der Waals surface area (Å²) in [6.45, 7) is 2.90. The number of carbonyl (C=O) groups is 3. The largest absolute Gasteiger partial charge is 0.466 e. The highest BCUT2D eigenvalue weighted by Crippen LogP contribution is 2.18. The summed E-state index contributed by atoms with van der Waals surface area (Å²) in [5, 5.41) is 2.35. The Morgan fingerprint density at radius 1 is 1.27 bits per heavy atom. The first-order valence-electron chi connectivity index (χ1n) is 7.43. The van der Waals surface area contributed by atoms with Crippen molar-refractivity contribution in [1.29, 1.82) is 0 Å². The molecule has 1 aliphatic heterocycles. The maximum atomic E-state index is 12.1. The second-order valence-electron chi connectivity index (χ2n) is 5.16. The topological polar surface area (TPSA) is 75.7 Å². The number of hydrogen-bond donors (Lipinski definition) is 1. The van der Waals surface area contributed by atoms with Crippen molar-refractivity contribution in [3.05, 3.63) is 35.9 Å². The van der Waals surface area contributed by atoms with Crippen LogP contribution in [-0.4, -0.2) is 42.5 Å². The minimum absolute atomic E-state index is 0.283. The summed E-state index contributed by atoms with van der Waals surface area (Å²) in [4.78, 5) is 37.4. The number of esters is 1. The number of benzene rings is 1. The second kappa shape index (κ2) is 7.59. The standard InChI is InChI=1S/C16H20N2O4/c1-2-22-15(20)13-9-6-10-18(11-13)16(21)17-14(19)12-7-4-3-5-8-12/h3-5,7-8,13H,2,6,9-11H2,1H3,(H,17,19,21). The van der Waals surface area contributed by atoms with E-state index < -0.39 is 11.9 Å². The molecular formula is C16H20N2O4. The van der Waals surface area contributed by atoms with Gasteiger partial charge in [0.15, 0.2) is 0 Å². The average Bonchev–Trinajstić information content (AvgIpc) is 2.56. The fourth-order valence-electron chi connectivity index (χ4n) is 2.45. The van der Waals surface area contributed by atoms with E-state index in [4.69, 9.17) is 4.74 Å². The van der Waals surface area contributed by atoms with Crippen LogP contribution in [0.5, 0.6) is 0 Å². The number of ether oxygens (including phenoxy) is 1. The molecule has 2 rings (SSSR count). The first-order chi connectivity index (χ1) is 10.6. The van der Waals surface area contributed by atoms with E-state index in [1.165, 1.54) is 4.90 Å². The molecule has 1 atom stereocenters. The first-order valence-corrected chi connectivity index (χ1v) is 7.43. The van der Waals surface area contributed by atoms with Crippen LogP contribution in [-0.2, 0) is 9.53 Å². The predicted molar refractivity (Wildman–Crippen MR) is 80.2 cm³/mol. The van der Waals surface area contributed by atoms with Crippen LogP contribution in [0.3, 0.4) is 0 Å². The van der Waals surface area contributed by atoms with Gasteiger partial charge in [-0.05, 0) is 31.9 Å². The fourth-order valence-corrected chi connectivity index (χ4v) is 2.45. The van der Waals surface area contributed by atoms with Gasteiger partial charge in [-0.25, -0.2) is 4.79 Å². The van der Waals surface area contributed by atoms with Gasteiger partial charge in [-0.2, -0.15) is 0 Å². The maximum Gasteiger partial charge on any atom is 0.324 e. The quantitative estimate of drug-likeness (QED) is 0.864. The van der Waals surface area contributed by atoms with Crippen LogP contribution in [0.15, 0.2) is 30.3 Å². The van der Waals surface area contributed by atoms with Crippen molar-refractivity contribution in [3.63, 3.8) is 0 Å². The Hall–Kier alpha value is -2.37. The van der Waals surface area contributed by atoms with E-state index in [9.17, 15) is 14.4 Å². The monoisotopic (exact) mass is 304 g/mol. The van der Waals surface area contributed by atoms with E-state index in [2.05, 4.69) is 5.32 Å². The third-order valence-corrected chi connectivity index (χ3v) is 3.58. The van der Waals surface area contributed by atoms with Crippen molar-refractivity contribution in [3.8, 4) is 0 Å². The molecule has 0 aliphatic carbocycles. The van der Waals surface area contributed by atoms with Gasteiger partial charge in [0, 0.05) is 18.7 Å². The number of nitrogens with one attached hydrogen (secondary N) is 1. The van der Waals surface area contributed by atoms with Crippen molar-refractivity contribution in [2.75, 3.05) is 19.7 Å². The van der Waals surface area contributed by atoms with Crippen LogP contribution in [0.1, 0.15) is 30.1 Å². The van der Waals surface area contributed by atoms with E-state index in [1.807, 2.05) is 0 Å². The summed E-state index contributed by atoms with van der Waals surface area (Å²) in [6, 6.07) is 8.07. The molecule has 0 aromatic heterocycles. The van der Waals surface area contributed by atoms with E-state index in [0.717, 1.165) is 6.42 Å². The van der Waals surface area contributed by atoms with Crippen molar-refractivity contribution in [2.45, 2.75) is 19.8 Å². The highest BCUT2D eigenvalue weighted by molar-refractivity contribution is 6.04. The summed E-state index contributed by atoms with van der Waals surface area (Å²) in [6.07, 6.45) is 1.42. The Morgan fingerprint density at radius 3 is 2.68 bits per heavy atom. The number of urea groups is 1. The predicted octanol–water partition coefficient (Wildman–Crippen LogP) is 1.81. The van der Waals surface area contributed by atoms with Gasteiger partial charge in [-0.15, -0.1) is 0 Å². The van der Waals surface area contributed by atoms with E-state index in [-0.39, 0.29) is 18.4 Å². The number of piperidine rings is 1. The summed E-state index contributed by atoms with van der Waals surface area (Å²) < 4.78 is 5.00. The molecule has 22 heavy (non-hydrogen) atoms. The molecule has 0 bridgehead atoms. The molecule has 3 amide bonds. The molecule has 118 valence electrons. The lowest BCUT2D eigenvalue weighted by Crippen LogP contribution is -2.48. The van der Waals surface area contributed by atoms with Crippen molar-refractivity contribution in [2.24, 2.45) is 5.92 Å². The summed E-state index contributed by atoms with van der Waals surface area (Å²) in [5.41, 5.74) is 0.426. The number of carbonyl (C=O) groups excluding carboxylic acids is 3. The maximum absolute atomic E-state index is 12.1. The van der Waals surface area contributed by atoms with Gasteiger partial charge in [0.25, 0.3) is 5.91 Å². The Labute approximate surface area is 129 Å².